The molecule has 47 heavy (non-hydrogen) atoms. The third kappa shape index (κ3) is 6.99. The van der Waals surface area contributed by atoms with Gasteiger partial charge in [0, 0.05) is 42.9 Å². The van der Waals surface area contributed by atoms with Crippen LogP contribution < -0.4 is 26.2 Å². The number of ether oxygens (including phenoxy) is 1. The van der Waals surface area contributed by atoms with Gasteiger partial charge in [-0.25, -0.2) is 14.4 Å². The van der Waals surface area contributed by atoms with Crippen LogP contribution in [0.2, 0.25) is 0 Å². The van der Waals surface area contributed by atoms with Gasteiger partial charge in [0.2, 0.25) is 11.8 Å². The van der Waals surface area contributed by atoms with E-state index in [1.54, 1.807) is 18.2 Å². The summed E-state index contributed by atoms with van der Waals surface area (Å²) in [7, 11) is 1.52. The maximum atomic E-state index is 16.1. The second-order valence-electron chi connectivity index (χ2n) is 11.8. The molecule has 6 rings (SSSR count). The monoisotopic (exact) mass is 680 g/mol. The molecule has 13 heteroatoms. The normalized spacial score (nSPS) is 21.6. The summed E-state index contributed by atoms with van der Waals surface area (Å²) >= 11 is 14.7. The summed E-state index contributed by atoms with van der Waals surface area (Å²) in [6.45, 7) is 0.945. The zero-order valence-electron chi connectivity index (χ0n) is 25.7. The van der Waals surface area contributed by atoms with E-state index in [1.165, 1.54) is 19.4 Å². The minimum atomic E-state index is -1.73. The van der Waals surface area contributed by atoms with E-state index in [4.69, 9.17) is 37.8 Å². The first-order chi connectivity index (χ1) is 22.7. The molecule has 3 aromatic rings. The van der Waals surface area contributed by atoms with Crippen molar-refractivity contribution in [1.82, 2.24) is 26.1 Å². The largest absolute Gasteiger partial charge is 0.481 e. The van der Waals surface area contributed by atoms with E-state index in [0.717, 1.165) is 30.4 Å². The van der Waals surface area contributed by atoms with Crippen molar-refractivity contribution in [2.45, 2.75) is 54.7 Å². The number of amides is 1. The van der Waals surface area contributed by atoms with E-state index in [1.807, 2.05) is 42.5 Å². The van der Waals surface area contributed by atoms with Crippen LogP contribution in [0.25, 0.3) is 5.57 Å². The van der Waals surface area contributed by atoms with E-state index in [-0.39, 0.29) is 41.8 Å². The number of nitrogens with zero attached hydrogens (tertiary/aromatic N) is 2. The highest BCUT2D eigenvalue weighted by Gasteiger charge is 2.55. The van der Waals surface area contributed by atoms with Crippen molar-refractivity contribution in [2.75, 3.05) is 19.0 Å². The Morgan fingerprint density at radius 3 is 2.62 bits per heavy atom. The number of alkyl halides is 2. The Bertz CT molecular complexity index is 1700. The van der Waals surface area contributed by atoms with E-state index in [2.05, 4.69) is 26.4 Å². The van der Waals surface area contributed by atoms with E-state index >= 15 is 4.39 Å². The van der Waals surface area contributed by atoms with Gasteiger partial charge in [0.1, 0.15) is 5.54 Å². The zero-order chi connectivity index (χ0) is 33.0. The highest BCUT2D eigenvalue weighted by molar-refractivity contribution is 6.55. The Hall–Kier alpha value is -4.03. The fourth-order valence-electron chi connectivity index (χ4n) is 5.73. The van der Waals surface area contributed by atoms with Gasteiger partial charge in [0.05, 0.1) is 25.3 Å². The lowest BCUT2D eigenvalue weighted by Crippen LogP contribution is -2.51. The Balaban J connectivity index is 1.32. The first-order valence-electron chi connectivity index (χ1n) is 15.4. The number of anilines is 1. The maximum Gasteiger partial charge on any atom is 0.327 e. The highest BCUT2D eigenvalue weighted by atomic mass is 35.5. The Kier molecular flexibility index (Phi) is 9.79. The van der Waals surface area contributed by atoms with Crippen LogP contribution in [0.4, 0.5) is 10.2 Å². The fraction of sp³-hybridized carbons (Fsp3) is 0.353. The molecule has 4 N–H and O–H groups in total. The van der Waals surface area contributed by atoms with Crippen molar-refractivity contribution in [3.8, 4) is 5.88 Å². The number of nitrogens with one attached hydrogen (secondary N) is 4. The van der Waals surface area contributed by atoms with Crippen LogP contribution in [0.5, 0.6) is 5.88 Å². The molecule has 2 atom stereocenters. The number of carbonyl (C=O) groups excluding carboxylic acids is 2. The molecule has 0 radical (unpaired) electrons. The molecule has 1 unspecified atom stereocenters. The number of aromatic nitrogens is 2. The minimum absolute atomic E-state index is 0.0537. The lowest BCUT2D eigenvalue weighted by atomic mass is 9.79. The summed E-state index contributed by atoms with van der Waals surface area (Å²) in [6, 6.07) is 14.6. The van der Waals surface area contributed by atoms with Gasteiger partial charge in [0.15, 0.2) is 16.0 Å². The number of carbonyl (C=O) groups is 2. The van der Waals surface area contributed by atoms with E-state index < -0.39 is 15.7 Å². The minimum Gasteiger partial charge on any atom is -0.481 e. The summed E-state index contributed by atoms with van der Waals surface area (Å²) in [5.74, 6) is -0.896. The van der Waals surface area contributed by atoms with Crippen LogP contribution in [-0.2, 0) is 33.1 Å². The number of methoxy groups -OCH3 is 1. The number of benzene rings is 1. The highest BCUT2D eigenvalue weighted by Crippen LogP contribution is 2.54. The van der Waals surface area contributed by atoms with Gasteiger partial charge in [-0.05, 0) is 48.6 Å². The zero-order valence-corrected chi connectivity index (χ0v) is 27.2. The molecule has 10 nitrogen and oxygen atoms in total. The summed E-state index contributed by atoms with van der Waals surface area (Å²) in [5, 5.41) is 9.51. The smallest absolute Gasteiger partial charge is 0.327 e. The Labute approximate surface area is 282 Å². The average Bonchev–Trinajstić information content (AvgIpc) is 3.85. The molecule has 0 bridgehead atoms. The molecule has 0 spiro atoms. The Morgan fingerprint density at radius 2 is 1.89 bits per heavy atom. The first kappa shape index (κ1) is 32.9. The third-order valence-electron chi connectivity index (χ3n) is 8.49. The van der Waals surface area contributed by atoms with Crippen molar-refractivity contribution in [2.24, 2.45) is 5.92 Å². The second kappa shape index (κ2) is 14.0. The van der Waals surface area contributed by atoms with Crippen LogP contribution >= 0.6 is 23.2 Å². The molecule has 3 aliphatic rings. The summed E-state index contributed by atoms with van der Waals surface area (Å²) in [6.07, 6.45) is 9.66. The van der Waals surface area contributed by atoms with Gasteiger partial charge in [-0.1, -0.05) is 71.8 Å². The molecule has 1 aromatic carbocycles. The fourth-order valence-corrected chi connectivity index (χ4v) is 6.49. The molecule has 1 saturated carbocycles. The lowest BCUT2D eigenvalue weighted by Gasteiger charge is -2.44. The SMILES string of the molecule is COc1nc([C@@]2(Nc3nccc(CNOC(=O)C4CC4)c3F)C=CC=C(c3ccccc3)C2(Cl)Cl)ccc1CNCC1CCC(=O)N1. The molecular weight excluding hydrogens is 646 g/mol. The van der Waals surface area contributed by atoms with Gasteiger partial charge in [-0.2, -0.15) is 0 Å². The number of hydrogen-bond donors (Lipinski definition) is 4. The standard InChI is InChI=1S/C34H35Cl2FN6O4/c1-46-31-24(18-38-20-25-12-14-28(44)41-25)11-13-27(42-31)33(16-5-8-26(34(33,35)36)21-6-3-2-4-7-21)43-30-29(37)23(15-17-39-30)19-40-47-32(45)22-9-10-22/h2-8,11,13,15-17,22,25,38,40H,9-10,12,14,18-20H2,1H3,(H,39,43)(H,41,44)/t25?,33-/m0/s1. The predicted octanol–water partition coefficient (Wildman–Crippen LogP) is 5.09. The Morgan fingerprint density at radius 1 is 1.09 bits per heavy atom. The van der Waals surface area contributed by atoms with Crippen LogP contribution in [0.15, 0.2) is 73.0 Å². The second-order valence-corrected chi connectivity index (χ2v) is 13.1. The van der Waals surface area contributed by atoms with Crippen molar-refractivity contribution in [1.29, 1.82) is 0 Å². The molecular formula is C34H35Cl2FN6O4. The van der Waals surface area contributed by atoms with Crippen molar-refractivity contribution < 1.29 is 23.6 Å². The van der Waals surface area contributed by atoms with Gasteiger partial charge < -0.3 is 25.5 Å². The molecule has 2 fully saturated rings. The molecule has 246 valence electrons. The number of hydroxylamine groups is 1. The lowest BCUT2D eigenvalue weighted by molar-refractivity contribution is -0.153. The number of allylic oxidation sites excluding steroid dienone is 2. The van der Waals surface area contributed by atoms with Gasteiger partial charge in [-0.3, -0.25) is 9.59 Å². The number of pyridine rings is 2. The topological polar surface area (TPSA) is 126 Å². The van der Waals surface area contributed by atoms with Crippen LogP contribution in [0.3, 0.4) is 0 Å². The van der Waals surface area contributed by atoms with Crippen molar-refractivity contribution in [3.63, 3.8) is 0 Å². The number of halogens is 3. The van der Waals surface area contributed by atoms with Gasteiger partial charge >= 0.3 is 5.97 Å². The predicted molar refractivity (Wildman–Crippen MR) is 177 cm³/mol. The maximum absolute atomic E-state index is 16.1. The molecule has 1 saturated heterocycles. The molecule has 3 heterocycles. The van der Waals surface area contributed by atoms with Crippen LogP contribution in [0.1, 0.15) is 48.1 Å². The molecule has 2 aliphatic carbocycles. The summed E-state index contributed by atoms with van der Waals surface area (Å²) < 4.78 is 20.0. The van der Waals surface area contributed by atoms with Crippen LogP contribution in [-0.4, -0.2) is 45.9 Å². The number of hydrogen-bond acceptors (Lipinski definition) is 9. The quantitative estimate of drug-likeness (QED) is 0.144. The molecule has 2 aromatic heterocycles. The van der Waals surface area contributed by atoms with E-state index in [9.17, 15) is 9.59 Å². The van der Waals surface area contributed by atoms with E-state index in [0.29, 0.717) is 36.7 Å². The van der Waals surface area contributed by atoms with Crippen molar-refractivity contribution in [3.05, 3.63) is 101 Å². The molecule has 1 amide bonds. The van der Waals surface area contributed by atoms with Crippen LogP contribution in [0, 0.1) is 11.7 Å². The average molecular weight is 682 g/mol. The van der Waals surface area contributed by atoms with Crippen molar-refractivity contribution >= 4 is 46.5 Å². The molecule has 1 aliphatic heterocycles. The number of rotatable bonds is 13. The van der Waals surface area contributed by atoms with Gasteiger partial charge in [-0.15, -0.1) is 5.48 Å². The summed E-state index contributed by atoms with van der Waals surface area (Å²) in [4.78, 5) is 37.8. The first-order valence-corrected chi connectivity index (χ1v) is 16.2. The third-order valence-corrected chi connectivity index (χ3v) is 9.49. The van der Waals surface area contributed by atoms with Gasteiger partial charge in [0.25, 0.3) is 0 Å². The summed E-state index contributed by atoms with van der Waals surface area (Å²) in [5.41, 5.74) is 3.68.